The number of alkyl halides is 3. The summed E-state index contributed by atoms with van der Waals surface area (Å²) in [6.07, 6.45) is 0.605. The van der Waals surface area contributed by atoms with Crippen LogP contribution in [-0.2, 0) is 10.9 Å². The zero-order valence-corrected chi connectivity index (χ0v) is 11.5. The molecule has 0 N–H and O–H groups in total. The SMILES string of the molecule is CCCCCCCOC(=O)c1cccc(C(F)(F)F)c1. The van der Waals surface area contributed by atoms with Crippen LogP contribution in [0.2, 0.25) is 0 Å². The molecule has 20 heavy (non-hydrogen) atoms. The lowest BCUT2D eigenvalue weighted by atomic mass is 10.1. The number of hydrogen-bond donors (Lipinski definition) is 0. The number of rotatable bonds is 7. The monoisotopic (exact) mass is 288 g/mol. The number of ether oxygens (including phenoxy) is 1. The van der Waals surface area contributed by atoms with E-state index in [4.69, 9.17) is 4.74 Å². The molecule has 0 bridgehead atoms. The second kappa shape index (κ2) is 7.92. The number of carbonyl (C=O) groups is 1. The normalized spacial score (nSPS) is 11.4. The fraction of sp³-hybridized carbons (Fsp3) is 0.533. The molecule has 0 aliphatic carbocycles. The Kier molecular flexibility index (Phi) is 6.55. The molecule has 0 radical (unpaired) electrons. The summed E-state index contributed by atoms with van der Waals surface area (Å²) in [5.41, 5.74) is -0.900. The lowest BCUT2D eigenvalue weighted by Crippen LogP contribution is -2.10. The molecule has 0 aliphatic heterocycles. The summed E-state index contributed by atoms with van der Waals surface area (Å²) in [6, 6.07) is 4.29. The number of halogens is 3. The molecule has 1 rings (SSSR count). The summed E-state index contributed by atoms with van der Waals surface area (Å²) in [6.45, 7) is 2.35. The van der Waals surface area contributed by atoms with Gasteiger partial charge in [-0.3, -0.25) is 0 Å². The summed E-state index contributed by atoms with van der Waals surface area (Å²) in [4.78, 5) is 11.6. The van der Waals surface area contributed by atoms with Gasteiger partial charge in [0, 0.05) is 0 Å². The third kappa shape index (κ3) is 5.63. The molecule has 112 valence electrons. The number of benzene rings is 1. The molecule has 0 aliphatic rings. The van der Waals surface area contributed by atoms with Gasteiger partial charge in [-0.2, -0.15) is 13.2 Å². The Labute approximate surface area is 116 Å². The zero-order chi connectivity index (χ0) is 15.0. The molecule has 0 saturated carbocycles. The van der Waals surface area contributed by atoms with Crippen molar-refractivity contribution in [3.63, 3.8) is 0 Å². The molecule has 2 nitrogen and oxygen atoms in total. The van der Waals surface area contributed by atoms with E-state index in [2.05, 4.69) is 6.92 Å². The highest BCUT2D eigenvalue weighted by Gasteiger charge is 2.31. The van der Waals surface area contributed by atoms with Crippen LogP contribution in [-0.4, -0.2) is 12.6 Å². The van der Waals surface area contributed by atoms with Crippen LogP contribution in [0.1, 0.15) is 54.9 Å². The summed E-state index contributed by atoms with van der Waals surface area (Å²) >= 11 is 0. The Bertz CT molecular complexity index is 427. The second-order valence-corrected chi connectivity index (χ2v) is 4.63. The summed E-state index contributed by atoms with van der Waals surface area (Å²) in [5, 5.41) is 0. The van der Waals surface area contributed by atoms with E-state index in [1.165, 1.54) is 12.1 Å². The van der Waals surface area contributed by atoms with Crippen LogP contribution < -0.4 is 0 Å². The van der Waals surface area contributed by atoms with Crippen LogP contribution in [0.4, 0.5) is 13.2 Å². The van der Waals surface area contributed by atoms with Crippen molar-refractivity contribution in [1.82, 2.24) is 0 Å². The maximum absolute atomic E-state index is 12.5. The first-order valence-corrected chi connectivity index (χ1v) is 6.79. The molecule has 5 heteroatoms. The first kappa shape index (κ1) is 16.5. The van der Waals surface area contributed by atoms with Gasteiger partial charge in [-0.25, -0.2) is 4.79 Å². The molecule has 1 aromatic rings. The minimum Gasteiger partial charge on any atom is -0.462 e. The van der Waals surface area contributed by atoms with Gasteiger partial charge in [-0.1, -0.05) is 38.7 Å². The Morgan fingerprint density at radius 3 is 2.50 bits per heavy atom. The minimum atomic E-state index is -4.45. The molecule has 0 atom stereocenters. The molecule has 0 fully saturated rings. The summed E-state index contributed by atoms with van der Waals surface area (Å²) < 4.78 is 42.5. The van der Waals surface area contributed by atoms with Gasteiger partial charge in [0.05, 0.1) is 17.7 Å². The van der Waals surface area contributed by atoms with Gasteiger partial charge in [-0.15, -0.1) is 0 Å². The third-order valence-corrected chi connectivity index (χ3v) is 2.91. The van der Waals surface area contributed by atoms with Crippen LogP contribution in [0.15, 0.2) is 24.3 Å². The highest BCUT2D eigenvalue weighted by Crippen LogP contribution is 2.29. The van der Waals surface area contributed by atoms with E-state index in [1.54, 1.807) is 0 Å². The zero-order valence-electron chi connectivity index (χ0n) is 11.5. The van der Waals surface area contributed by atoms with Crippen LogP contribution in [0.3, 0.4) is 0 Å². The van der Waals surface area contributed by atoms with Crippen molar-refractivity contribution in [2.45, 2.75) is 45.2 Å². The second-order valence-electron chi connectivity index (χ2n) is 4.63. The number of esters is 1. The van der Waals surface area contributed by atoms with Gasteiger partial charge < -0.3 is 4.74 Å². The molecular formula is C15H19F3O2. The van der Waals surface area contributed by atoms with Gasteiger partial charge in [0.25, 0.3) is 0 Å². The predicted molar refractivity (Wildman–Crippen MR) is 70.5 cm³/mol. The standard InChI is InChI=1S/C15H19F3O2/c1-2-3-4-5-6-10-20-14(19)12-8-7-9-13(11-12)15(16,17)18/h7-9,11H,2-6,10H2,1H3. The fourth-order valence-corrected chi connectivity index (χ4v) is 1.78. The maximum Gasteiger partial charge on any atom is 0.416 e. The van der Waals surface area contributed by atoms with Gasteiger partial charge in [-0.05, 0) is 24.6 Å². The van der Waals surface area contributed by atoms with E-state index < -0.39 is 17.7 Å². The van der Waals surface area contributed by atoms with Gasteiger partial charge in [0.1, 0.15) is 0 Å². The topological polar surface area (TPSA) is 26.3 Å². The number of hydrogen-bond acceptors (Lipinski definition) is 2. The molecule has 0 heterocycles. The van der Waals surface area contributed by atoms with Crippen molar-refractivity contribution < 1.29 is 22.7 Å². The fourth-order valence-electron chi connectivity index (χ4n) is 1.78. The summed E-state index contributed by atoms with van der Waals surface area (Å²) in [7, 11) is 0. The van der Waals surface area contributed by atoms with Gasteiger partial charge >= 0.3 is 12.1 Å². The van der Waals surface area contributed by atoms with Crippen molar-refractivity contribution in [2.75, 3.05) is 6.61 Å². The van der Waals surface area contributed by atoms with Crippen LogP contribution in [0, 0.1) is 0 Å². The Morgan fingerprint density at radius 1 is 1.15 bits per heavy atom. The van der Waals surface area contributed by atoms with Crippen LogP contribution >= 0.6 is 0 Å². The molecular weight excluding hydrogens is 269 g/mol. The van der Waals surface area contributed by atoms with Crippen molar-refractivity contribution >= 4 is 5.97 Å². The molecule has 0 amide bonds. The van der Waals surface area contributed by atoms with Crippen molar-refractivity contribution in [3.05, 3.63) is 35.4 Å². The molecule has 0 aromatic heterocycles. The quantitative estimate of drug-likeness (QED) is 0.530. The number of unbranched alkanes of at least 4 members (excludes halogenated alkanes) is 4. The van der Waals surface area contributed by atoms with Crippen LogP contribution in [0.25, 0.3) is 0 Å². The molecule has 1 aromatic carbocycles. The van der Waals surface area contributed by atoms with Crippen molar-refractivity contribution in [2.24, 2.45) is 0 Å². The highest BCUT2D eigenvalue weighted by molar-refractivity contribution is 5.89. The average molecular weight is 288 g/mol. The van der Waals surface area contributed by atoms with E-state index in [-0.39, 0.29) is 12.2 Å². The molecule has 0 saturated heterocycles. The number of carbonyl (C=O) groups excluding carboxylic acids is 1. The van der Waals surface area contributed by atoms with Gasteiger partial charge in [0.15, 0.2) is 0 Å². The molecule has 0 spiro atoms. The minimum absolute atomic E-state index is 0.0617. The Morgan fingerprint density at radius 2 is 1.85 bits per heavy atom. The van der Waals surface area contributed by atoms with E-state index in [0.717, 1.165) is 44.2 Å². The third-order valence-electron chi connectivity index (χ3n) is 2.91. The smallest absolute Gasteiger partial charge is 0.416 e. The van der Waals surface area contributed by atoms with Crippen molar-refractivity contribution in [3.8, 4) is 0 Å². The van der Waals surface area contributed by atoms with E-state index in [1.807, 2.05) is 0 Å². The summed E-state index contributed by atoms with van der Waals surface area (Å²) in [5.74, 6) is -0.702. The Hall–Kier alpha value is -1.52. The lowest BCUT2D eigenvalue weighted by molar-refractivity contribution is -0.137. The predicted octanol–water partition coefficient (Wildman–Crippen LogP) is 4.83. The van der Waals surface area contributed by atoms with E-state index in [0.29, 0.717) is 0 Å². The highest BCUT2D eigenvalue weighted by atomic mass is 19.4. The maximum atomic E-state index is 12.5. The average Bonchev–Trinajstić information content (AvgIpc) is 2.41. The van der Waals surface area contributed by atoms with E-state index in [9.17, 15) is 18.0 Å². The lowest BCUT2D eigenvalue weighted by Gasteiger charge is -2.09. The van der Waals surface area contributed by atoms with Crippen LogP contribution in [0.5, 0.6) is 0 Å². The van der Waals surface area contributed by atoms with Gasteiger partial charge in [0.2, 0.25) is 0 Å². The van der Waals surface area contributed by atoms with Crippen molar-refractivity contribution in [1.29, 1.82) is 0 Å². The first-order valence-electron chi connectivity index (χ1n) is 6.79. The van der Waals surface area contributed by atoms with E-state index >= 15 is 0 Å². The largest absolute Gasteiger partial charge is 0.462 e. The Balaban J connectivity index is 2.44. The first-order chi connectivity index (χ1) is 9.45. The molecule has 0 unspecified atom stereocenters.